The zero-order chi connectivity index (χ0) is 19.5. The van der Waals surface area contributed by atoms with Gasteiger partial charge in [0.2, 0.25) is 0 Å². The number of aromatic nitrogens is 2. The van der Waals surface area contributed by atoms with Crippen LogP contribution in [0.2, 0.25) is 0 Å². The van der Waals surface area contributed by atoms with Crippen LogP contribution in [0.1, 0.15) is 60.5 Å². The third-order valence-corrected chi connectivity index (χ3v) is 5.79. The van der Waals surface area contributed by atoms with Crippen molar-refractivity contribution in [3.63, 3.8) is 0 Å². The smallest absolute Gasteiger partial charge is 0.315 e. The van der Waals surface area contributed by atoms with Crippen molar-refractivity contribution in [1.82, 2.24) is 20.0 Å². The molecular formula is C23H28N4O. The highest BCUT2D eigenvalue weighted by Gasteiger charge is 2.25. The minimum Gasteiger partial charge on any atom is -0.335 e. The molecule has 0 radical (unpaired) electrons. The summed E-state index contributed by atoms with van der Waals surface area (Å²) in [5.74, 6) is 0. The molecule has 5 nitrogen and oxygen atoms in total. The zero-order valence-electron chi connectivity index (χ0n) is 16.6. The molecule has 2 heterocycles. The van der Waals surface area contributed by atoms with Crippen LogP contribution < -0.4 is 10.6 Å². The normalized spacial score (nSPS) is 16.1. The number of rotatable bonds is 4. The number of carbonyl (C=O) groups excluding carboxylic acids is 1. The Kier molecular flexibility index (Phi) is 5.33. The number of aryl methyl sites for hydroxylation is 2. The Morgan fingerprint density at radius 3 is 2.57 bits per heavy atom. The Hall–Kier alpha value is -2.82. The average molecular weight is 377 g/mol. The molecule has 0 aliphatic heterocycles. The number of pyridine rings is 1. The molecule has 2 aromatic heterocycles. The molecule has 146 valence electrons. The predicted molar refractivity (Wildman–Crippen MR) is 111 cm³/mol. The summed E-state index contributed by atoms with van der Waals surface area (Å²) in [6.07, 6.45) is 9.66. The van der Waals surface area contributed by atoms with Crippen LogP contribution in [0, 0.1) is 13.8 Å². The topological polar surface area (TPSA) is 58.4 Å². The van der Waals surface area contributed by atoms with Crippen molar-refractivity contribution >= 4 is 11.7 Å². The lowest BCUT2D eigenvalue weighted by Crippen LogP contribution is -2.44. The van der Waals surface area contributed by atoms with Gasteiger partial charge in [0.15, 0.2) is 0 Å². The molecule has 0 bridgehead atoms. The van der Waals surface area contributed by atoms with Crippen molar-refractivity contribution in [2.24, 2.45) is 0 Å². The number of imidazole rings is 1. The van der Waals surface area contributed by atoms with Crippen LogP contribution in [0.3, 0.4) is 0 Å². The van der Waals surface area contributed by atoms with Crippen LogP contribution >= 0.6 is 0 Å². The first kappa shape index (κ1) is 18.5. The summed E-state index contributed by atoms with van der Waals surface area (Å²) in [7, 11) is 0. The fraction of sp³-hybridized carbons (Fsp3) is 0.391. The molecule has 4 rings (SSSR count). The lowest BCUT2D eigenvalue weighted by atomic mass is 9.94. The van der Waals surface area contributed by atoms with Gasteiger partial charge < -0.3 is 15.0 Å². The second-order valence-electron chi connectivity index (χ2n) is 7.80. The van der Waals surface area contributed by atoms with E-state index in [0.29, 0.717) is 0 Å². The van der Waals surface area contributed by atoms with Gasteiger partial charge in [-0.1, -0.05) is 43.5 Å². The van der Waals surface area contributed by atoms with Crippen LogP contribution in [0.15, 0.2) is 48.8 Å². The lowest BCUT2D eigenvalue weighted by molar-refractivity contribution is 0.230. The first-order chi connectivity index (χ1) is 13.6. The number of fused-ring (bicyclic) bond motifs is 1. The van der Waals surface area contributed by atoms with E-state index in [4.69, 9.17) is 0 Å². The van der Waals surface area contributed by atoms with E-state index in [1.54, 1.807) is 0 Å². The van der Waals surface area contributed by atoms with E-state index >= 15 is 0 Å². The third-order valence-electron chi connectivity index (χ3n) is 5.79. The van der Waals surface area contributed by atoms with Gasteiger partial charge in [0.05, 0.1) is 17.9 Å². The maximum Gasteiger partial charge on any atom is 0.315 e. The molecule has 1 saturated carbocycles. The van der Waals surface area contributed by atoms with Gasteiger partial charge in [0.25, 0.3) is 0 Å². The van der Waals surface area contributed by atoms with Gasteiger partial charge in [-0.2, -0.15) is 0 Å². The molecule has 0 spiro atoms. The lowest BCUT2D eigenvalue weighted by Gasteiger charge is -2.26. The first-order valence-corrected chi connectivity index (χ1v) is 10.2. The van der Waals surface area contributed by atoms with Gasteiger partial charge in [-0.05, 0) is 55.5 Å². The van der Waals surface area contributed by atoms with Gasteiger partial charge >= 0.3 is 6.03 Å². The van der Waals surface area contributed by atoms with Crippen LogP contribution in [0.5, 0.6) is 0 Å². The Morgan fingerprint density at radius 1 is 1.07 bits per heavy atom. The number of amides is 2. The van der Waals surface area contributed by atoms with E-state index in [2.05, 4.69) is 52.1 Å². The van der Waals surface area contributed by atoms with Gasteiger partial charge in [-0.25, -0.2) is 9.78 Å². The number of urea groups is 1. The first-order valence-electron chi connectivity index (χ1n) is 10.2. The number of hydrogen-bond donors (Lipinski definition) is 2. The minimum atomic E-state index is -0.262. The summed E-state index contributed by atoms with van der Waals surface area (Å²) < 4.78 is 2.05. The maximum atomic E-state index is 12.9. The van der Waals surface area contributed by atoms with Gasteiger partial charge in [0, 0.05) is 12.2 Å². The van der Waals surface area contributed by atoms with E-state index in [-0.39, 0.29) is 18.1 Å². The summed E-state index contributed by atoms with van der Waals surface area (Å²) in [4.78, 5) is 17.4. The van der Waals surface area contributed by atoms with E-state index in [1.807, 2.05) is 30.6 Å². The Morgan fingerprint density at radius 2 is 1.82 bits per heavy atom. The van der Waals surface area contributed by atoms with Crippen LogP contribution in [-0.4, -0.2) is 21.5 Å². The molecule has 28 heavy (non-hydrogen) atoms. The summed E-state index contributed by atoms with van der Waals surface area (Å²) in [6.45, 7) is 4.19. The second kappa shape index (κ2) is 8.05. The van der Waals surface area contributed by atoms with Gasteiger partial charge in [-0.3, -0.25) is 0 Å². The SMILES string of the molecule is Cc1cccc(C)c1C(NC(=O)NC1CCCCC1)c1cnc2ccccn12. The standard InChI is InChI=1S/C23H28N4O/c1-16-9-8-10-17(2)21(16)22(19-15-24-20-13-6-7-14-27(19)20)26-23(28)25-18-11-4-3-5-12-18/h6-10,13-15,18,22H,3-5,11-12H2,1-2H3,(H2,25,26,28). The van der Waals surface area contributed by atoms with Crippen molar-refractivity contribution < 1.29 is 4.79 Å². The molecule has 1 unspecified atom stereocenters. The van der Waals surface area contributed by atoms with E-state index in [9.17, 15) is 4.79 Å². The molecule has 1 atom stereocenters. The Balaban J connectivity index is 1.68. The third kappa shape index (κ3) is 3.75. The van der Waals surface area contributed by atoms with Crippen molar-refractivity contribution in [2.45, 2.75) is 58.0 Å². The average Bonchev–Trinajstić information content (AvgIpc) is 3.12. The van der Waals surface area contributed by atoms with E-state index < -0.39 is 0 Å². The predicted octanol–water partition coefficient (Wildman–Crippen LogP) is 4.67. The highest BCUT2D eigenvalue weighted by molar-refractivity contribution is 5.75. The second-order valence-corrected chi connectivity index (χ2v) is 7.80. The van der Waals surface area contributed by atoms with Crippen molar-refractivity contribution in [2.75, 3.05) is 0 Å². The number of benzene rings is 1. The number of nitrogens with zero attached hydrogens (tertiary/aromatic N) is 2. The summed E-state index contributed by atoms with van der Waals surface area (Å²) >= 11 is 0. The van der Waals surface area contributed by atoms with Gasteiger partial charge in [-0.15, -0.1) is 0 Å². The molecule has 1 fully saturated rings. The van der Waals surface area contributed by atoms with Crippen LogP contribution in [0.25, 0.3) is 5.65 Å². The fourth-order valence-electron chi connectivity index (χ4n) is 4.35. The molecule has 0 saturated heterocycles. The Bertz CT molecular complexity index is 951. The van der Waals surface area contributed by atoms with Crippen molar-refractivity contribution in [1.29, 1.82) is 0 Å². The molecule has 1 aliphatic rings. The molecule has 5 heteroatoms. The summed E-state index contributed by atoms with van der Waals surface area (Å²) in [6, 6.07) is 12.1. The highest BCUT2D eigenvalue weighted by Crippen LogP contribution is 2.28. The number of hydrogen-bond acceptors (Lipinski definition) is 2. The molecular weight excluding hydrogens is 348 g/mol. The molecule has 3 aromatic rings. The maximum absolute atomic E-state index is 12.9. The number of nitrogens with one attached hydrogen (secondary N) is 2. The van der Waals surface area contributed by atoms with Crippen LogP contribution in [-0.2, 0) is 0 Å². The van der Waals surface area contributed by atoms with Crippen molar-refractivity contribution in [3.8, 4) is 0 Å². The molecule has 2 amide bonds. The van der Waals surface area contributed by atoms with Crippen molar-refractivity contribution in [3.05, 3.63) is 71.2 Å². The van der Waals surface area contributed by atoms with E-state index in [0.717, 1.165) is 40.9 Å². The minimum absolute atomic E-state index is 0.106. The summed E-state index contributed by atoms with van der Waals surface area (Å²) in [5, 5.41) is 6.43. The van der Waals surface area contributed by atoms with Gasteiger partial charge in [0.1, 0.15) is 5.65 Å². The largest absolute Gasteiger partial charge is 0.335 e. The molecule has 1 aliphatic carbocycles. The highest BCUT2D eigenvalue weighted by atomic mass is 16.2. The molecule has 2 N–H and O–H groups in total. The Labute approximate surface area is 166 Å². The summed E-state index contributed by atoms with van der Waals surface area (Å²) in [5.41, 5.74) is 5.30. The van der Waals surface area contributed by atoms with E-state index in [1.165, 1.54) is 19.3 Å². The van der Waals surface area contributed by atoms with Crippen LogP contribution in [0.4, 0.5) is 4.79 Å². The molecule has 1 aromatic carbocycles. The monoisotopic (exact) mass is 376 g/mol. The quantitative estimate of drug-likeness (QED) is 0.695. The fourth-order valence-corrected chi connectivity index (χ4v) is 4.35. The zero-order valence-corrected chi connectivity index (χ0v) is 16.6. The number of carbonyl (C=O) groups is 1.